The number of primary amides is 2. The first-order valence-corrected chi connectivity index (χ1v) is 44.2. The van der Waals surface area contributed by atoms with Gasteiger partial charge < -0.3 is 129 Å². The Morgan fingerprint density at radius 3 is 1.34 bits per heavy atom. The zero-order valence-electron chi connectivity index (χ0n) is 73.9. The van der Waals surface area contributed by atoms with Crippen LogP contribution >= 0.6 is 0 Å². The summed E-state index contributed by atoms with van der Waals surface area (Å²) in [6, 6.07) is 0.885. The highest BCUT2D eigenvalue weighted by Crippen LogP contribution is 2.30. The quantitative estimate of drug-likeness (QED) is 0.0167. The summed E-state index contributed by atoms with van der Waals surface area (Å²) in [5.41, 5.74) is 28.9. The van der Waals surface area contributed by atoms with Crippen LogP contribution < -0.4 is 124 Å². The van der Waals surface area contributed by atoms with Crippen molar-refractivity contribution in [2.45, 2.75) is 267 Å². The Morgan fingerprint density at radius 2 is 0.845 bits per heavy atom. The van der Waals surface area contributed by atoms with Crippen molar-refractivity contribution in [1.29, 1.82) is 10.8 Å². The van der Waals surface area contributed by atoms with Gasteiger partial charge in [-0.3, -0.25) is 97.1 Å². The van der Waals surface area contributed by atoms with Gasteiger partial charge in [0.1, 0.15) is 54.4 Å². The van der Waals surface area contributed by atoms with Crippen molar-refractivity contribution < 1.29 is 91.4 Å². The number of aliphatic carboxylic acids is 1. The molecule has 0 spiro atoms. The lowest BCUT2D eigenvalue weighted by molar-refractivity contribution is -0.141. The van der Waals surface area contributed by atoms with Crippen molar-refractivity contribution >= 4 is 118 Å². The normalized spacial score (nSPS) is 20.3. The van der Waals surface area contributed by atoms with Crippen molar-refractivity contribution in [2.24, 2.45) is 58.3 Å². The van der Waals surface area contributed by atoms with E-state index in [1.165, 1.54) is 20.8 Å². The number of nitrogens with one attached hydrogen (secondary N) is 20. The van der Waals surface area contributed by atoms with E-state index in [4.69, 9.17) is 39.5 Å². The van der Waals surface area contributed by atoms with Crippen molar-refractivity contribution in [1.82, 2.24) is 95.7 Å². The number of carboxylic acid groups (broad SMARTS) is 1. The van der Waals surface area contributed by atoms with Gasteiger partial charge >= 0.3 is 5.97 Å². The molecular formula is C85H133N25O19. The number of hydrogen-bond donors (Lipinski definition) is 26. The van der Waals surface area contributed by atoms with E-state index in [2.05, 4.69) is 95.7 Å². The van der Waals surface area contributed by atoms with Crippen LogP contribution in [0.2, 0.25) is 0 Å². The zero-order chi connectivity index (χ0) is 95.0. The number of guanidine groups is 2. The minimum absolute atomic E-state index is 0.0460. The molecule has 1 heterocycles. The van der Waals surface area contributed by atoms with Gasteiger partial charge in [0.25, 0.3) is 0 Å². The van der Waals surface area contributed by atoms with Crippen molar-refractivity contribution in [2.75, 3.05) is 39.3 Å². The number of carbonyl (C=O) groups excluding carboxylic acids is 17. The van der Waals surface area contributed by atoms with Crippen LogP contribution in [0.5, 0.6) is 0 Å². The van der Waals surface area contributed by atoms with Crippen molar-refractivity contribution in [3.05, 3.63) is 71.8 Å². The number of carboxylic acids is 1. The van der Waals surface area contributed by atoms with Gasteiger partial charge in [-0.15, -0.1) is 0 Å². The summed E-state index contributed by atoms with van der Waals surface area (Å²) in [6.45, 7) is 8.37. The lowest BCUT2D eigenvalue weighted by atomic mass is 9.97. The van der Waals surface area contributed by atoms with Crippen LogP contribution in [0.1, 0.15) is 181 Å². The molecule has 129 heavy (non-hydrogen) atoms. The fraction of sp³-hybridized carbons (Fsp3) is 0.624. The second-order valence-electron chi connectivity index (χ2n) is 33.9. The third kappa shape index (κ3) is 36.9. The molecule has 0 radical (unpaired) electrons. The van der Waals surface area contributed by atoms with Gasteiger partial charge in [-0.05, 0) is 140 Å². The van der Waals surface area contributed by atoms with E-state index in [0.717, 1.165) is 0 Å². The number of benzene rings is 2. The van der Waals surface area contributed by atoms with E-state index < -0.39 is 235 Å². The standard InChI is InChI=1S/C85H133N25O19/c1-45(2)32-33-62(108-76(122)54-25-16-28-57(54)103-79(125)61(31-18-36-95-85(91)92)107-74(120)52-23-14-27-56(52)102-72(118)46(3)97-77(123)55-42-93-43-66(55)99-48(5)111)80(126)104-58-29-15-24-53(58)75(121)106-60(26-12-13-34-86)78(124)100-51(37-49-19-8-6-9-20-49)39-68(113)96-44-69(114)101-65(41-70(115)116)81(127)98-47(4)73(119)109-63(38-50-21-10-7-11-22-50)82(128)110-64(40-67(87)112)83(129)105-59(71(88)117)30-17-35-94-84(89)90/h6-11,19-22,45-47,51-66,93H,12-18,23-44,86H2,1-5H3,(H2,87,112)(H2,88,117)(H,96,113)(H,97,123)(H,98,127)(H,99,111)(H,100,124)(H,101,114)(H,102,118)(H,103,125)(H,104,126)(H,105,129)(H,106,121)(H,107,120)(H,108,122)(H,109,119)(H,110,128)(H,115,116)(H4,89,90,94)(H4,91,92,95)/t46-,47-,51-,52-,53-,54-,55-,56-,57-,58-,59-,60-,61-,62-,63-,64-,65-,66-/m0/s1. The Balaban J connectivity index is 1.07. The summed E-state index contributed by atoms with van der Waals surface area (Å²) in [6.07, 6.45) is 3.49. The van der Waals surface area contributed by atoms with Gasteiger partial charge in [0.15, 0.2) is 11.9 Å². The summed E-state index contributed by atoms with van der Waals surface area (Å²) < 4.78 is 0. The summed E-state index contributed by atoms with van der Waals surface area (Å²) in [5, 5.41) is 73.5. The van der Waals surface area contributed by atoms with Crippen LogP contribution in [0.4, 0.5) is 0 Å². The molecular weight excluding hydrogens is 1680 g/mol. The first kappa shape index (κ1) is 105. The van der Waals surface area contributed by atoms with Gasteiger partial charge in [-0.1, -0.05) is 93.8 Å². The average molecular weight is 1810 g/mol. The number of carbonyl (C=O) groups is 18. The van der Waals surface area contributed by atoms with Crippen molar-refractivity contribution in [3.8, 4) is 0 Å². The molecule has 44 heteroatoms. The third-order valence-corrected chi connectivity index (χ3v) is 23.0. The lowest BCUT2D eigenvalue weighted by Gasteiger charge is -2.29. The third-order valence-electron chi connectivity index (χ3n) is 23.0. The number of nitrogens with two attached hydrogens (primary N) is 5. The molecule has 2 aromatic carbocycles. The molecule has 4 aliphatic rings. The molecule has 0 aromatic heterocycles. The number of hydrogen-bond acceptors (Lipinski definition) is 22. The minimum atomic E-state index is -1.87. The van der Waals surface area contributed by atoms with E-state index >= 15 is 0 Å². The molecule has 44 nitrogen and oxygen atoms in total. The SMILES string of the molecule is CC(=O)N[C@H]1CNC[C@@H]1C(=O)N[C@@H](C)C(=O)N[C@H]1CCC[C@@H]1C(=O)N[C@@H](CCCNC(=N)N)C(=O)N[C@H]1CCC[C@@H]1C(=O)N[C@@H](CCC(C)C)C(=O)N[C@H]1CCC[C@@H]1C(=O)N[C@@H](CCCCN)C(=O)N[C@H](CC(=O)NCC(=O)N[C@@H](CC(=O)O)C(=O)N[C@@H](C)C(=O)N[C@@H](Cc1ccccc1)C(=O)N[C@@H](CC(N)=O)C(=O)N[C@@H](CCCNC(=N)N)C(N)=O)Cc1ccccc1. The number of unbranched alkanes of at least 4 members (excludes halogenated alkanes) is 1. The van der Waals surface area contributed by atoms with E-state index in [1.807, 2.05) is 13.8 Å². The summed E-state index contributed by atoms with van der Waals surface area (Å²) in [7, 11) is 0. The molecule has 0 bridgehead atoms. The fourth-order valence-electron chi connectivity index (χ4n) is 16.1. The predicted octanol–water partition coefficient (Wildman–Crippen LogP) is -5.63. The smallest absolute Gasteiger partial charge is 0.305 e. The van der Waals surface area contributed by atoms with Gasteiger partial charge in [-0.2, -0.15) is 0 Å². The number of rotatable bonds is 54. The Kier molecular flexibility index (Phi) is 43.9. The monoisotopic (exact) mass is 1810 g/mol. The summed E-state index contributed by atoms with van der Waals surface area (Å²) in [4.78, 5) is 245. The van der Waals surface area contributed by atoms with Crippen LogP contribution in [0, 0.1) is 40.4 Å². The molecule has 2 aromatic rings. The van der Waals surface area contributed by atoms with Crippen LogP contribution in [0.3, 0.4) is 0 Å². The Labute approximate surface area is 749 Å². The highest BCUT2D eigenvalue weighted by Gasteiger charge is 2.44. The second kappa shape index (κ2) is 53.9. The molecule has 3 saturated carbocycles. The Morgan fingerprint density at radius 1 is 0.403 bits per heavy atom. The molecule has 6 rings (SSSR count). The first-order valence-electron chi connectivity index (χ1n) is 44.2. The molecule has 17 amide bonds. The highest BCUT2D eigenvalue weighted by molar-refractivity contribution is 6.00. The topological polar surface area (TPSA) is 722 Å². The van der Waals surface area contributed by atoms with Crippen LogP contribution in [-0.2, 0) is 99.1 Å². The largest absolute Gasteiger partial charge is 0.481 e. The molecule has 1 aliphatic heterocycles. The van der Waals surface area contributed by atoms with E-state index in [0.29, 0.717) is 101 Å². The minimum Gasteiger partial charge on any atom is -0.481 e. The van der Waals surface area contributed by atoms with Gasteiger partial charge in [0.05, 0.1) is 49.1 Å². The maximum absolute atomic E-state index is 14.6. The highest BCUT2D eigenvalue weighted by atomic mass is 16.4. The van der Waals surface area contributed by atoms with Gasteiger partial charge in [-0.25, -0.2) is 0 Å². The molecule has 1 saturated heterocycles. The molecule has 4 fully saturated rings. The van der Waals surface area contributed by atoms with Crippen LogP contribution in [0.25, 0.3) is 0 Å². The Hall–Kier alpha value is -12.6. The van der Waals surface area contributed by atoms with Gasteiger partial charge in [0.2, 0.25) is 100 Å². The molecule has 0 unspecified atom stereocenters. The van der Waals surface area contributed by atoms with E-state index in [1.54, 1.807) is 60.7 Å². The molecule has 18 atom stereocenters. The van der Waals surface area contributed by atoms with E-state index in [9.17, 15) is 91.4 Å². The number of amides is 17. The predicted molar refractivity (Wildman–Crippen MR) is 471 cm³/mol. The zero-order valence-corrected chi connectivity index (χ0v) is 73.9. The van der Waals surface area contributed by atoms with E-state index in [-0.39, 0.29) is 94.7 Å². The molecule has 3 aliphatic carbocycles. The first-order chi connectivity index (χ1) is 61.3. The van der Waals surface area contributed by atoms with Crippen LogP contribution in [0.15, 0.2) is 60.7 Å². The Bertz CT molecular complexity index is 4220. The van der Waals surface area contributed by atoms with Crippen LogP contribution in [-0.4, -0.2) is 247 Å². The second-order valence-corrected chi connectivity index (χ2v) is 33.9. The molecule has 712 valence electrons. The van der Waals surface area contributed by atoms with Gasteiger partial charge in [0, 0.05) is 70.1 Å². The fourth-order valence-corrected chi connectivity index (χ4v) is 16.1. The maximum Gasteiger partial charge on any atom is 0.305 e. The average Bonchev–Trinajstić information content (AvgIpc) is 1.69. The maximum atomic E-state index is 14.6. The lowest BCUT2D eigenvalue weighted by Crippen LogP contribution is -2.59. The summed E-state index contributed by atoms with van der Waals surface area (Å²) >= 11 is 0. The molecule has 31 N–H and O–H groups in total. The summed E-state index contributed by atoms with van der Waals surface area (Å²) in [5.74, 6) is -18.0. The van der Waals surface area contributed by atoms with Crippen molar-refractivity contribution in [3.63, 3.8) is 0 Å².